The molecule has 0 atom stereocenters. The molecule has 3 amide bonds. The van der Waals surface area contributed by atoms with Crippen LogP contribution in [0.5, 0.6) is 0 Å². The smallest absolute Gasteiger partial charge is 0.313 e. The number of piperidine rings is 1. The second-order valence-corrected chi connectivity index (χ2v) is 6.32. The van der Waals surface area contributed by atoms with Gasteiger partial charge in [0.1, 0.15) is 5.82 Å². The molecular formula is C20H20FN3O3. The van der Waals surface area contributed by atoms with Crippen molar-refractivity contribution in [1.82, 2.24) is 5.32 Å². The van der Waals surface area contributed by atoms with Crippen molar-refractivity contribution in [3.8, 4) is 0 Å². The first-order chi connectivity index (χ1) is 13.0. The summed E-state index contributed by atoms with van der Waals surface area (Å²) in [5.74, 6) is -1.91. The molecule has 1 aliphatic rings. The lowest BCUT2D eigenvalue weighted by atomic mass is 10.1. The van der Waals surface area contributed by atoms with E-state index in [2.05, 4.69) is 10.6 Å². The van der Waals surface area contributed by atoms with Gasteiger partial charge in [-0.1, -0.05) is 18.2 Å². The van der Waals surface area contributed by atoms with Crippen molar-refractivity contribution in [1.29, 1.82) is 0 Å². The van der Waals surface area contributed by atoms with Gasteiger partial charge in [-0.25, -0.2) is 4.39 Å². The van der Waals surface area contributed by atoms with E-state index in [0.29, 0.717) is 29.9 Å². The Bertz CT molecular complexity index is 852. The Balaban J connectivity index is 1.58. The molecule has 1 saturated heterocycles. The second kappa shape index (κ2) is 8.44. The number of carbonyl (C=O) groups excluding carboxylic acids is 3. The first-order valence-corrected chi connectivity index (χ1v) is 8.77. The molecule has 2 N–H and O–H groups in total. The molecule has 0 saturated carbocycles. The van der Waals surface area contributed by atoms with Crippen molar-refractivity contribution in [2.75, 3.05) is 16.8 Å². The normalized spacial score (nSPS) is 14.0. The van der Waals surface area contributed by atoms with E-state index in [0.717, 1.165) is 12.8 Å². The number of hydrogen-bond acceptors (Lipinski definition) is 3. The molecule has 0 radical (unpaired) electrons. The van der Waals surface area contributed by atoms with Crippen LogP contribution in [0.25, 0.3) is 0 Å². The minimum atomic E-state index is -0.806. The highest BCUT2D eigenvalue weighted by Gasteiger charge is 2.20. The molecule has 0 aromatic heterocycles. The minimum Gasteiger partial charge on any atom is -0.344 e. The maximum absolute atomic E-state index is 12.9. The molecule has 27 heavy (non-hydrogen) atoms. The highest BCUT2D eigenvalue weighted by atomic mass is 19.1. The highest BCUT2D eigenvalue weighted by molar-refractivity contribution is 6.39. The molecule has 2 aromatic rings. The Morgan fingerprint density at radius 2 is 1.81 bits per heavy atom. The fourth-order valence-electron chi connectivity index (χ4n) is 2.88. The highest BCUT2D eigenvalue weighted by Crippen LogP contribution is 2.23. The lowest BCUT2D eigenvalue weighted by molar-refractivity contribution is -0.136. The zero-order chi connectivity index (χ0) is 19.2. The zero-order valence-corrected chi connectivity index (χ0v) is 14.7. The van der Waals surface area contributed by atoms with Crippen molar-refractivity contribution in [3.05, 3.63) is 59.9 Å². The van der Waals surface area contributed by atoms with Gasteiger partial charge in [0.2, 0.25) is 5.91 Å². The maximum Gasteiger partial charge on any atom is 0.313 e. The first-order valence-electron chi connectivity index (χ1n) is 8.77. The molecule has 1 heterocycles. The zero-order valence-electron chi connectivity index (χ0n) is 14.7. The van der Waals surface area contributed by atoms with Gasteiger partial charge in [0, 0.05) is 30.9 Å². The van der Waals surface area contributed by atoms with Crippen LogP contribution in [0.3, 0.4) is 0 Å². The summed E-state index contributed by atoms with van der Waals surface area (Å²) >= 11 is 0. The summed E-state index contributed by atoms with van der Waals surface area (Å²) in [6.07, 6.45) is 2.34. The predicted octanol–water partition coefficient (Wildman–Crippen LogP) is 2.60. The van der Waals surface area contributed by atoms with E-state index in [1.54, 1.807) is 29.2 Å². The number of halogens is 1. The number of nitrogens with one attached hydrogen (secondary N) is 2. The van der Waals surface area contributed by atoms with Crippen LogP contribution in [0, 0.1) is 5.82 Å². The molecule has 6 nitrogen and oxygen atoms in total. The van der Waals surface area contributed by atoms with Gasteiger partial charge in [-0.3, -0.25) is 14.4 Å². The molecule has 140 valence electrons. The topological polar surface area (TPSA) is 78.5 Å². The van der Waals surface area contributed by atoms with E-state index >= 15 is 0 Å². The number of anilines is 2. The van der Waals surface area contributed by atoms with Gasteiger partial charge in [0.05, 0.1) is 0 Å². The van der Waals surface area contributed by atoms with Gasteiger partial charge in [0.15, 0.2) is 0 Å². The number of hydrogen-bond donors (Lipinski definition) is 2. The van der Waals surface area contributed by atoms with Crippen LogP contribution >= 0.6 is 0 Å². The van der Waals surface area contributed by atoms with Crippen LogP contribution in [0.4, 0.5) is 15.8 Å². The third kappa shape index (κ3) is 4.91. The van der Waals surface area contributed by atoms with Crippen LogP contribution in [0.15, 0.2) is 48.5 Å². The number of nitrogens with zero attached hydrogens (tertiary/aromatic N) is 1. The number of carbonyl (C=O) groups is 3. The van der Waals surface area contributed by atoms with Crippen molar-refractivity contribution >= 4 is 29.1 Å². The largest absolute Gasteiger partial charge is 0.344 e. The lowest BCUT2D eigenvalue weighted by Gasteiger charge is -2.27. The predicted molar refractivity (Wildman–Crippen MR) is 99.5 cm³/mol. The van der Waals surface area contributed by atoms with Crippen LogP contribution in [-0.2, 0) is 20.9 Å². The summed E-state index contributed by atoms with van der Waals surface area (Å²) in [6, 6.07) is 12.5. The molecule has 2 aromatic carbocycles. The summed E-state index contributed by atoms with van der Waals surface area (Å²) < 4.78 is 12.9. The average Bonchev–Trinajstić information content (AvgIpc) is 2.68. The van der Waals surface area contributed by atoms with Gasteiger partial charge < -0.3 is 15.5 Å². The van der Waals surface area contributed by atoms with E-state index in [1.165, 1.54) is 24.3 Å². The van der Waals surface area contributed by atoms with E-state index in [4.69, 9.17) is 0 Å². The second-order valence-electron chi connectivity index (χ2n) is 6.32. The SMILES string of the molecule is O=C(NCc1ccc(F)cc1)C(=O)Nc1cccc(N2CCCCC2=O)c1. The number of amides is 3. The van der Waals surface area contributed by atoms with Crippen molar-refractivity contribution in [3.63, 3.8) is 0 Å². The number of benzene rings is 2. The quantitative estimate of drug-likeness (QED) is 0.813. The van der Waals surface area contributed by atoms with E-state index in [-0.39, 0.29) is 18.3 Å². The van der Waals surface area contributed by atoms with E-state index < -0.39 is 11.8 Å². The summed E-state index contributed by atoms with van der Waals surface area (Å²) in [5.41, 5.74) is 1.82. The molecule has 0 spiro atoms. The summed E-state index contributed by atoms with van der Waals surface area (Å²) in [4.78, 5) is 37.8. The third-order valence-corrected chi connectivity index (χ3v) is 4.31. The van der Waals surface area contributed by atoms with Gasteiger partial charge in [-0.2, -0.15) is 0 Å². The summed E-state index contributed by atoms with van der Waals surface area (Å²) in [6.45, 7) is 0.767. The molecule has 0 bridgehead atoms. The van der Waals surface area contributed by atoms with Gasteiger partial charge in [-0.15, -0.1) is 0 Å². The van der Waals surface area contributed by atoms with Crippen molar-refractivity contribution in [2.24, 2.45) is 0 Å². The summed E-state index contributed by atoms with van der Waals surface area (Å²) in [5, 5.41) is 5.02. The Morgan fingerprint density at radius 3 is 2.56 bits per heavy atom. The van der Waals surface area contributed by atoms with Crippen LogP contribution in [0.2, 0.25) is 0 Å². The van der Waals surface area contributed by atoms with Crippen LogP contribution in [-0.4, -0.2) is 24.3 Å². The maximum atomic E-state index is 12.9. The fourth-order valence-corrected chi connectivity index (χ4v) is 2.88. The molecule has 3 rings (SSSR count). The monoisotopic (exact) mass is 369 g/mol. The Morgan fingerprint density at radius 1 is 1.04 bits per heavy atom. The third-order valence-electron chi connectivity index (χ3n) is 4.31. The molecule has 0 aliphatic carbocycles. The van der Waals surface area contributed by atoms with Crippen molar-refractivity contribution < 1.29 is 18.8 Å². The molecule has 7 heteroatoms. The Hall–Kier alpha value is -3.22. The van der Waals surface area contributed by atoms with Gasteiger partial charge in [0.25, 0.3) is 0 Å². The molecular weight excluding hydrogens is 349 g/mol. The average molecular weight is 369 g/mol. The van der Waals surface area contributed by atoms with Gasteiger partial charge in [-0.05, 0) is 48.7 Å². The number of rotatable bonds is 4. The van der Waals surface area contributed by atoms with E-state index in [9.17, 15) is 18.8 Å². The standard InChI is InChI=1S/C20H20FN3O3/c21-15-9-7-14(8-10-15)13-22-19(26)20(27)23-16-4-3-5-17(12-16)24-11-2-1-6-18(24)25/h3-5,7-10,12H,1-2,6,11,13H2,(H,22,26)(H,23,27). The van der Waals surface area contributed by atoms with Crippen molar-refractivity contribution in [2.45, 2.75) is 25.8 Å². The fraction of sp³-hybridized carbons (Fsp3) is 0.250. The minimum absolute atomic E-state index is 0.0572. The lowest BCUT2D eigenvalue weighted by Crippen LogP contribution is -2.36. The molecule has 1 aliphatic heterocycles. The van der Waals surface area contributed by atoms with E-state index in [1.807, 2.05) is 0 Å². The summed E-state index contributed by atoms with van der Waals surface area (Å²) in [7, 11) is 0. The first kappa shape index (κ1) is 18.6. The van der Waals surface area contributed by atoms with Crippen LogP contribution < -0.4 is 15.5 Å². The Kier molecular flexibility index (Phi) is 5.80. The Labute approximate surface area is 156 Å². The van der Waals surface area contributed by atoms with Gasteiger partial charge >= 0.3 is 11.8 Å². The van der Waals surface area contributed by atoms with Crippen LogP contribution in [0.1, 0.15) is 24.8 Å². The molecule has 0 unspecified atom stereocenters. The molecule has 1 fully saturated rings.